The van der Waals surface area contributed by atoms with Crippen molar-refractivity contribution in [3.8, 4) is 5.69 Å². The van der Waals surface area contributed by atoms with Gasteiger partial charge in [-0.2, -0.15) is 0 Å². The molecule has 9 aromatic carbocycles. The van der Waals surface area contributed by atoms with E-state index in [2.05, 4.69) is 240 Å². The number of rotatable bonds is 8. The highest BCUT2D eigenvalue weighted by Gasteiger charge is 2.38. The van der Waals surface area contributed by atoms with Gasteiger partial charge in [0.25, 0.3) is 0 Å². The molecule has 10 rings (SSSR count). The van der Waals surface area contributed by atoms with Gasteiger partial charge in [0.2, 0.25) is 0 Å². The van der Waals surface area contributed by atoms with Crippen LogP contribution in [0.25, 0.3) is 38.3 Å². The van der Waals surface area contributed by atoms with Gasteiger partial charge in [-0.25, -0.2) is 0 Å². The van der Waals surface area contributed by atoms with Crippen LogP contribution in [0.1, 0.15) is 22.3 Å². The Bertz CT molecular complexity index is 2790. The molecule has 0 radical (unpaired) electrons. The van der Waals surface area contributed by atoms with Gasteiger partial charge in [-0.15, -0.1) is 0 Å². The SMILES string of the molecule is c1ccc(-n2c3ccccc3c3ccc(N(c4ccc(C(c5ccccc5)(c5ccccc5)c5ccccc5)cc4)c4cccc5ccccc45)cc32)cc1. The van der Waals surface area contributed by atoms with Crippen LogP contribution in [-0.4, -0.2) is 4.57 Å². The minimum atomic E-state index is -0.526. The number of fused-ring (bicyclic) bond motifs is 4. The van der Waals surface area contributed by atoms with Gasteiger partial charge in [0.15, 0.2) is 0 Å². The summed E-state index contributed by atoms with van der Waals surface area (Å²) in [5.74, 6) is 0. The fraction of sp³-hybridized carbons (Fsp3) is 0.0189. The molecule has 2 heteroatoms. The Kier molecular flexibility index (Phi) is 8.08. The van der Waals surface area contributed by atoms with Crippen molar-refractivity contribution in [1.82, 2.24) is 4.57 Å². The molecule has 10 aromatic rings. The van der Waals surface area contributed by atoms with Gasteiger partial charge in [-0.05, 0) is 76.2 Å². The third-order valence-electron chi connectivity index (χ3n) is 11.1. The van der Waals surface area contributed by atoms with Crippen LogP contribution in [0.3, 0.4) is 0 Å². The van der Waals surface area contributed by atoms with Crippen molar-refractivity contribution >= 4 is 49.6 Å². The van der Waals surface area contributed by atoms with Crippen molar-refractivity contribution in [3.63, 3.8) is 0 Å². The quantitative estimate of drug-likeness (QED) is 0.143. The molecule has 0 saturated carbocycles. The minimum absolute atomic E-state index is 0.526. The zero-order valence-electron chi connectivity index (χ0n) is 30.3. The van der Waals surface area contributed by atoms with E-state index >= 15 is 0 Å². The molecule has 2 nitrogen and oxygen atoms in total. The molecule has 0 bridgehead atoms. The zero-order chi connectivity index (χ0) is 36.6. The third-order valence-corrected chi connectivity index (χ3v) is 11.1. The van der Waals surface area contributed by atoms with E-state index in [1.165, 1.54) is 54.8 Å². The Morgan fingerprint density at radius 2 is 0.800 bits per heavy atom. The van der Waals surface area contributed by atoms with Gasteiger partial charge >= 0.3 is 0 Å². The number of aromatic nitrogens is 1. The number of nitrogens with zero attached hydrogens (tertiary/aromatic N) is 2. The Hall–Kier alpha value is -7.16. The van der Waals surface area contributed by atoms with Crippen LogP contribution in [0.15, 0.2) is 231 Å². The molecule has 260 valence electrons. The summed E-state index contributed by atoms with van der Waals surface area (Å²) in [6.45, 7) is 0. The highest BCUT2D eigenvalue weighted by atomic mass is 15.1. The van der Waals surface area contributed by atoms with E-state index in [1.807, 2.05) is 0 Å². The predicted octanol–water partition coefficient (Wildman–Crippen LogP) is 13.8. The number of hydrogen-bond acceptors (Lipinski definition) is 1. The van der Waals surface area contributed by atoms with E-state index in [9.17, 15) is 0 Å². The van der Waals surface area contributed by atoms with Gasteiger partial charge in [-0.1, -0.05) is 182 Å². The van der Waals surface area contributed by atoms with Crippen molar-refractivity contribution in [3.05, 3.63) is 253 Å². The number of benzene rings is 9. The van der Waals surface area contributed by atoms with Crippen LogP contribution in [0, 0.1) is 0 Å². The zero-order valence-corrected chi connectivity index (χ0v) is 30.3. The lowest BCUT2D eigenvalue weighted by molar-refractivity contribution is 0.745. The molecule has 1 aromatic heterocycles. The normalized spacial score (nSPS) is 11.6. The average molecular weight is 703 g/mol. The van der Waals surface area contributed by atoms with E-state index in [0.717, 1.165) is 22.7 Å². The summed E-state index contributed by atoms with van der Waals surface area (Å²) >= 11 is 0. The Morgan fingerprint density at radius 1 is 0.327 bits per heavy atom. The highest BCUT2D eigenvalue weighted by Crippen LogP contribution is 2.47. The number of para-hydroxylation sites is 2. The molecular weight excluding hydrogens is 665 g/mol. The summed E-state index contributed by atoms with van der Waals surface area (Å²) in [7, 11) is 0. The summed E-state index contributed by atoms with van der Waals surface area (Å²) < 4.78 is 2.40. The molecule has 0 aliphatic rings. The first kappa shape index (κ1) is 32.5. The molecule has 55 heavy (non-hydrogen) atoms. The molecule has 1 heterocycles. The fourth-order valence-electron chi connectivity index (χ4n) is 8.71. The Labute approximate surface area is 321 Å². The van der Waals surface area contributed by atoms with Crippen LogP contribution in [0.5, 0.6) is 0 Å². The maximum absolute atomic E-state index is 2.42. The van der Waals surface area contributed by atoms with Crippen molar-refractivity contribution in [2.45, 2.75) is 5.41 Å². The van der Waals surface area contributed by atoms with E-state index in [1.54, 1.807) is 0 Å². The number of hydrogen-bond donors (Lipinski definition) is 0. The first-order valence-corrected chi connectivity index (χ1v) is 18.9. The first-order chi connectivity index (χ1) is 27.3. The molecule has 0 fully saturated rings. The van der Waals surface area contributed by atoms with Gasteiger partial charge in [-0.3, -0.25) is 0 Å². The standard InChI is InChI=1S/C53H38N2/c1-5-20-40(21-6-1)53(41-22-7-2-8-23-41,42-24-9-3-10-25-42)43-32-34-45(35-33-43)54(50-31-17-19-39-18-13-14-28-47(39)50)46-36-37-49-48-29-15-16-30-51(48)55(52(49)38-46)44-26-11-4-12-27-44/h1-38H. The second-order valence-electron chi connectivity index (χ2n) is 14.1. The molecular formula is C53H38N2. The molecule has 0 atom stereocenters. The molecule has 0 amide bonds. The molecule has 0 N–H and O–H groups in total. The summed E-state index contributed by atoms with van der Waals surface area (Å²) in [6, 6.07) is 83.7. The van der Waals surface area contributed by atoms with E-state index in [4.69, 9.17) is 0 Å². The Morgan fingerprint density at radius 3 is 1.44 bits per heavy atom. The van der Waals surface area contributed by atoms with Gasteiger partial charge < -0.3 is 9.47 Å². The second kappa shape index (κ2) is 13.7. The van der Waals surface area contributed by atoms with Crippen LogP contribution >= 0.6 is 0 Å². The van der Waals surface area contributed by atoms with Crippen LogP contribution in [0.4, 0.5) is 17.1 Å². The summed E-state index contributed by atoms with van der Waals surface area (Å²) in [6.07, 6.45) is 0. The molecule has 0 aliphatic carbocycles. The lowest BCUT2D eigenvalue weighted by Crippen LogP contribution is -2.31. The summed E-state index contributed by atoms with van der Waals surface area (Å²) in [5, 5.41) is 4.88. The Balaban J connectivity index is 1.22. The minimum Gasteiger partial charge on any atom is -0.310 e. The van der Waals surface area contributed by atoms with Crippen LogP contribution < -0.4 is 4.90 Å². The first-order valence-electron chi connectivity index (χ1n) is 18.9. The van der Waals surface area contributed by atoms with Crippen molar-refractivity contribution in [1.29, 1.82) is 0 Å². The van der Waals surface area contributed by atoms with Crippen molar-refractivity contribution in [2.24, 2.45) is 0 Å². The fourth-order valence-corrected chi connectivity index (χ4v) is 8.71. The van der Waals surface area contributed by atoms with E-state index < -0.39 is 5.41 Å². The van der Waals surface area contributed by atoms with Gasteiger partial charge in [0, 0.05) is 33.2 Å². The third kappa shape index (κ3) is 5.42. The van der Waals surface area contributed by atoms with Gasteiger partial charge in [0.05, 0.1) is 22.1 Å². The van der Waals surface area contributed by atoms with Crippen LogP contribution in [0.2, 0.25) is 0 Å². The second-order valence-corrected chi connectivity index (χ2v) is 14.1. The van der Waals surface area contributed by atoms with Crippen molar-refractivity contribution < 1.29 is 0 Å². The summed E-state index contributed by atoms with van der Waals surface area (Å²) in [5.41, 5.74) is 11.2. The van der Waals surface area contributed by atoms with E-state index in [0.29, 0.717) is 0 Å². The molecule has 0 spiro atoms. The summed E-state index contributed by atoms with van der Waals surface area (Å²) in [4.78, 5) is 2.42. The topological polar surface area (TPSA) is 8.17 Å². The lowest BCUT2D eigenvalue weighted by atomic mass is 9.65. The van der Waals surface area contributed by atoms with Crippen molar-refractivity contribution in [2.75, 3.05) is 4.90 Å². The maximum atomic E-state index is 2.42. The average Bonchev–Trinajstić information content (AvgIpc) is 3.60. The monoisotopic (exact) mass is 702 g/mol. The molecule has 0 aliphatic heterocycles. The number of anilines is 3. The lowest BCUT2D eigenvalue weighted by Gasteiger charge is -2.37. The molecule has 0 unspecified atom stereocenters. The maximum Gasteiger partial charge on any atom is 0.0701 e. The van der Waals surface area contributed by atoms with E-state index in [-0.39, 0.29) is 0 Å². The highest BCUT2D eigenvalue weighted by molar-refractivity contribution is 6.11. The predicted molar refractivity (Wildman–Crippen MR) is 231 cm³/mol. The smallest absolute Gasteiger partial charge is 0.0701 e. The largest absolute Gasteiger partial charge is 0.310 e. The molecule has 0 saturated heterocycles. The van der Waals surface area contributed by atoms with Gasteiger partial charge in [0.1, 0.15) is 0 Å². The van der Waals surface area contributed by atoms with Crippen LogP contribution in [-0.2, 0) is 5.41 Å².